The average molecular weight is 413 g/mol. The highest BCUT2D eigenvalue weighted by Crippen LogP contribution is 2.35. The number of fused-ring (bicyclic) bond motifs is 1. The van der Waals surface area contributed by atoms with Crippen molar-refractivity contribution in [3.8, 4) is 6.07 Å². The molecule has 0 saturated heterocycles. The summed E-state index contributed by atoms with van der Waals surface area (Å²) in [7, 11) is 1.79. The van der Waals surface area contributed by atoms with Crippen molar-refractivity contribution in [3.05, 3.63) is 28.5 Å². The second-order valence-corrected chi connectivity index (χ2v) is 8.89. The fourth-order valence-electron chi connectivity index (χ4n) is 4.16. The first-order chi connectivity index (χ1) is 14.0. The fourth-order valence-corrected chi connectivity index (χ4v) is 5.19. The molecule has 2 atom stereocenters. The largest absolute Gasteiger partial charge is 0.332 e. The van der Waals surface area contributed by atoms with E-state index in [9.17, 15) is 9.59 Å². The predicted octanol–water partition coefficient (Wildman–Crippen LogP) is 2.73. The van der Waals surface area contributed by atoms with E-state index in [0.29, 0.717) is 42.7 Å². The number of anilines is 1. The van der Waals surface area contributed by atoms with Gasteiger partial charge in [-0.05, 0) is 37.7 Å². The molecule has 9 heteroatoms. The number of carbonyl (C=O) groups excluding carboxylic acids is 2. The predicted molar refractivity (Wildman–Crippen MR) is 108 cm³/mol. The van der Waals surface area contributed by atoms with E-state index in [1.807, 2.05) is 0 Å². The van der Waals surface area contributed by atoms with Crippen LogP contribution in [0.1, 0.15) is 53.2 Å². The van der Waals surface area contributed by atoms with E-state index in [1.165, 1.54) is 11.3 Å². The monoisotopic (exact) mass is 412 g/mol. The van der Waals surface area contributed by atoms with Crippen molar-refractivity contribution in [1.29, 1.82) is 5.26 Å². The van der Waals surface area contributed by atoms with Crippen LogP contribution < -0.4 is 5.32 Å². The van der Waals surface area contributed by atoms with Crippen LogP contribution >= 0.6 is 11.3 Å². The summed E-state index contributed by atoms with van der Waals surface area (Å²) in [6, 6.07) is 3.91. The molecule has 1 aliphatic heterocycles. The standard InChI is InChI=1S/C20H24N6O2S/c1-25-9-6-16(24-25)19(28)26-10-7-15-17(12-26)29-20(22-15)23-18(27)14-5-4-13(11-14)3-2-8-21/h6,9,13-14H,2-5,7,10-12H2,1H3,(H,22,23,27)/t13?,14-/m0/s1. The molecule has 1 unspecified atom stereocenters. The van der Waals surface area contributed by atoms with E-state index < -0.39 is 0 Å². The van der Waals surface area contributed by atoms with Gasteiger partial charge in [-0.2, -0.15) is 10.4 Å². The molecule has 0 bridgehead atoms. The molecule has 1 N–H and O–H groups in total. The number of nitrogens with one attached hydrogen (secondary N) is 1. The summed E-state index contributed by atoms with van der Waals surface area (Å²) in [6.45, 7) is 1.10. The molecule has 0 spiro atoms. The number of hydrogen-bond donors (Lipinski definition) is 1. The first-order valence-electron chi connectivity index (χ1n) is 9.98. The molecule has 0 radical (unpaired) electrons. The van der Waals surface area contributed by atoms with Gasteiger partial charge in [0.25, 0.3) is 5.91 Å². The van der Waals surface area contributed by atoms with Crippen molar-refractivity contribution in [2.75, 3.05) is 11.9 Å². The Hall–Kier alpha value is -2.73. The van der Waals surface area contributed by atoms with E-state index in [4.69, 9.17) is 5.26 Å². The molecule has 1 fully saturated rings. The van der Waals surface area contributed by atoms with Crippen LogP contribution in [0, 0.1) is 23.2 Å². The van der Waals surface area contributed by atoms with Gasteiger partial charge in [0.2, 0.25) is 5.91 Å². The zero-order valence-corrected chi connectivity index (χ0v) is 17.2. The van der Waals surface area contributed by atoms with Crippen LogP contribution in [0.5, 0.6) is 0 Å². The van der Waals surface area contributed by atoms with Gasteiger partial charge in [0, 0.05) is 43.4 Å². The highest BCUT2D eigenvalue weighted by Gasteiger charge is 2.31. The Balaban J connectivity index is 1.35. The number of aryl methyl sites for hydroxylation is 1. The number of rotatable bonds is 5. The summed E-state index contributed by atoms with van der Waals surface area (Å²) in [5.74, 6) is 0.421. The molecule has 3 heterocycles. The number of aromatic nitrogens is 3. The third-order valence-electron chi connectivity index (χ3n) is 5.76. The third kappa shape index (κ3) is 4.32. The molecule has 2 amide bonds. The number of thiazole rings is 1. The van der Waals surface area contributed by atoms with E-state index in [2.05, 4.69) is 21.5 Å². The number of nitriles is 1. The quantitative estimate of drug-likeness (QED) is 0.813. The maximum absolute atomic E-state index is 12.6. The molecule has 2 aromatic rings. The maximum atomic E-state index is 12.6. The molecule has 29 heavy (non-hydrogen) atoms. The van der Waals surface area contributed by atoms with Gasteiger partial charge in [0.15, 0.2) is 5.13 Å². The summed E-state index contributed by atoms with van der Waals surface area (Å²) >= 11 is 1.45. The summed E-state index contributed by atoms with van der Waals surface area (Å²) in [5.41, 5.74) is 1.41. The van der Waals surface area contributed by atoms with Gasteiger partial charge in [-0.25, -0.2) is 4.98 Å². The number of hydrogen-bond acceptors (Lipinski definition) is 6. The molecule has 1 saturated carbocycles. The lowest BCUT2D eigenvalue weighted by Crippen LogP contribution is -2.35. The molecule has 2 aliphatic rings. The molecule has 152 valence electrons. The van der Waals surface area contributed by atoms with Gasteiger partial charge >= 0.3 is 0 Å². The Morgan fingerprint density at radius 2 is 2.28 bits per heavy atom. The summed E-state index contributed by atoms with van der Waals surface area (Å²) in [6.07, 6.45) is 6.62. The molecule has 8 nitrogen and oxygen atoms in total. The van der Waals surface area contributed by atoms with Crippen molar-refractivity contribution in [3.63, 3.8) is 0 Å². The molecule has 2 aromatic heterocycles. The highest BCUT2D eigenvalue weighted by atomic mass is 32.1. The Morgan fingerprint density at radius 3 is 3.03 bits per heavy atom. The first-order valence-corrected chi connectivity index (χ1v) is 10.8. The molecule has 0 aromatic carbocycles. The van der Waals surface area contributed by atoms with Gasteiger partial charge in [-0.1, -0.05) is 11.3 Å². The zero-order valence-electron chi connectivity index (χ0n) is 16.4. The minimum absolute atomic E-state index is 0.00171. The number of carbonyl (C=O) groups is 2. The van der Waals surface area contributed by atoms with Crippen LogP contribution in [0.3, 0.4) is 0 Å². The summed E-state index contributed by atoms with van der Waals surface area (Å²) in [4.78, 5) is 32.6. The van der Waals surface area contributed by atoms with Gasteiger partial charge in [-0.15, -0.1) is 0 Å². The SMILES string of the molecule is Cn1ccc(C(=O)N2CCc3nc(NC(=O)[C@H]4CCC(CCC#N)C4)sc3C2)n1. The van der Waals surface area contributed by atoms with Crippen molar-refractivity contribution < 1.29 is 9.59 Å². The summed E-state index contributed by atoms with van der Waals surface area (Å²) in [5, 5.41) is 16.5. The lowest BCUT2D eigenvalue weighted by Gasteiger charge is -2.25. The smallest absolute Gasteiger partial charge is 0.274 e. The average Bonchev–Trinajstić information content (AvgIpc) is 3.44. The lowest BCUT2D eigenvalue weighted by molar-refractivity contribution is -0.119. The molecular weight excluding hydrogens is 388 g/mol. The number of amides is 2. The fraction of sp³-hybridized carbons (Fsp3) is 0.550. The van der Waals surface area contributed by atoms with Crippen LogP contribution in [0.4, 0.5) is 5.13 Å². The van der Waals surface area contributed by atoms with Gasteiger partial charge in [0.05, 0.1) is 18.3 Å². The maximum Gasteiger partial charge on any atom is 0.274 e. The van der Waals surface area contributed by atoms with Crippen molar-refractivity contribution in [1.82, 2.24) is 19.7 Å². The van der Waals surface area contributed by atoms with Crippen LogP contribution in [0.25, 0.3) is 0 Å². The molecule has 4 rings (SSSR count). The Labute approximate surface area is 173 Å². The molecule has 1 aliphatic carbocycles. The second kappa shape index (κ2) is 8.33. The Morgan fingerprint density at radius 1 is 1.41 bits per heavy atom. The van der Waals surface area contributed by atoms with E-state index in [-0.39, 0.29) is 17.7 Å². The Kier molecular flexibility index (Phi) is 5.62. The lowest BCUT2D eigenvalue weighted by atomic mass is 10.00. The van der Waals surface area contributed by atoms with Crippen LogP contribution in [-0.4, -0.2) is 38.0 Å². The van der Waals surface area contributed by atoms with Crippen molar-refractivity contribution in [2.24, 2.45) is 18.9 Å². The van der Waals surface area contributed by atoms with Gasteiger partial charge in [-0.3, -0.25) is 14.3 Å². The minimum atomic E-state index is -0.0791. The highest BCUT2D eigenvalue weighted by molar-refractivity contribution is 7.15. The second-order valence-electron chi connectivity index (χ2n) is 7.80. The first kappa shape index (κ1) is 19.6. The number of nitrogens with zero attached hydrogens (tertiary/aromatic N) is 5. The molecular formula is C20H24N6O2S. The van der Waals surface area contributed by atoms with E-state index in [0.717, 1.165) is 36.3 Å². The van der Waals surface area contributed by atoms with E-state index >= 15 is 0 Å². The van der Waals surface area contributed by atoms with Crippen molar-refractivity contribution >= 4 is 28.3 Å². The van der Waals surface area contributed by atoms with Crippen LogP contribution in [0.2, 0.25) is 0 Å². The van der Waals surface area contributed by atoms with Crippen molar-refractivity contribution in [2.45, 2.75) is 45.1 Å². The minimum Gasteiger partial charge on any atom is -0.332 e. The van der Waals surface area contributed by atoms with Gasteiger partial charge < -0.3 is 10.2 Å². The van der Waals surface area contributed by atoms with Crippen LogP contribution in [-0.2, 0) is 24.8 Å². The zero-order chi connectivity index (χ0) is 20.4. The normalized spacial score (nSPS) is 20.9. The van der Waals surface area contributed by atoms with E-state index in [1.54, 1.807) is 28.9 Å². The van der Waals surface area contributed by atoms with Crippen LogP contribution in [0.15, 0.2) is 12.3 Å². The summed E-state index contributed by atoms with van der Waals surface area (Å²) < 4.78 is 1.62. The Bertz CT molecular complexity index is 959. The third-order valence-corrected chi connectivity index (χ3v) is 6.76. The van der Waals surface area contributed by atoms with Gasteiger partial charge in [0.1, 0.15) is 5.69 Å². The topological polar surface area (TPSA) is 104 Å².